The monoisotopic (exact) mass is 454 g/mol. The third-order valence-electron chi connectivity index (χ3n) is 5.90. The number of aryl methyl sites for hydroxylation is 3. The summed E-state index contributed by atoms with van der Waals surface area (Å²) in [6, 6.07) is 20.0. The second kappa shape index (κ2) is 7.98. The number of rotatable bonds is 3. The zero-order valence-electron chi connectivity index (χ0n) is 18.5. The normalized spacial score (nSPS) is 17.8. The average Bonchev–Trinajstić information content (AvgIpc) is 3.32. The summed E-state index contributed by atoms with van der Waals surface area (Å²) < 4.78 is 0.938. The van der Waals surface area contributed by atoms with Gasteiger partial charge in [0.15, 0.2) is 5.13 Å². The lowest BCUT2D eigenvalue weighted by atomic mass is 9.94. The first-order chi connectivity index (χ1) is 15.8. The van der Waals surface area contributed by atoms with Crippen molar-refractivity contribution in [3.05, 3.63) is 100 Å². The van der Waals surface area contributed by atoms with E-state index < -0.39 is 17.7 Å². The molecular weight excluding hydrogens is 432 g/mol. The van der Waals surface area contributed by atoms with Gasteiger partial charge < -0.3 is 5.11 Å². The Morgan fingerprint density at radius 3 is 2.15 bits per heavy atom. The molecule has 1 aromatic heterocycles. The highest BCUT2D eigenvalue weighted by Crippen LogP contribution is 2.44. The molecule has 1 aliphatic heterocycles. The van der Waals surface area contributed by atoms with Crippen LogP contribution in [0.25, 0.3) is 16.0 Å². The van der Waals surface area contributed by atoms with Crippen LogP contribution in [-0.2, 0) is 9.59 Å². The minimum atomic E-state index is -0.770. The molecule has 0 radical (unpaired) electrons. The van der Waals surface area contributed by atoms with Gasteiger partial charge in [0.1, 0.15) is 5.76 Å². The Bertz CT molecular complexity index is 1430. The zero-order valence-corrected chi connectivity index (χ0v) is 19.3. The Labute approximate surface area is 195 Å². The van der Waals surface area contributed by atoms with Gasteiger partial charge in [0.05, 0.1) is 21.8 Å². The van der Waals surface area contributed by atoms with Crippen LogP contribution < -0.4 is 4.90 Å². The maximum atomic E-state index is 13.3. The molecule has 0 saturated carbocycles. The molecule has 5 rings (SSSR count). The van der Waals surface area contributed by atoms with Crippen LogP contribution in [0.1, 0.15) is 33.9 Å². The molecule has 1 amide bonds. The van der Waals surface area contributed by atoms with Crippen molar-refractivity contribution in [1.82, 2.24) is 4.98 Å². The Hall–Kier alpha value is -3.77. The minimum absolute atomic E-state index is 0.0724. The Balaban J connectivity index is 1.73. The standard InChI is InChI=1S/C27H22N2O3S/c1-15-4-9-18(10-5-15)23-22(24(30)19-11-6-16(2)7-12-19)25(31)26(32)29(23)27-28-20-13-8-17(3)14-21(20)33-27/h4-14,23,30H,1-3H3. The molecule has 0 aliphatic carbocycles. The molecule has 2 heterocycles. The lowest BCUT2D eigenvalue weighted by Crippen LogP contribution is -2.29. The van der Waals surface area contributed by atoms with Gasteiger partial charge in [-0.3, -0.25) is 14.5 Å². The fourth-order valence-electron chi connectivity index (χ4n) is 4.08. The number of ketones is 1. The maximum Gasteiger partial charge on any atom is 0.301 e. The number of carbonyl (C=O) groups is 2. The van der Waals surface area contributed by atoms with Gasteiger partial charge in [-0.1, -0.05) is 77.1 Å². The van der Waals surface area contributed by atoms with Crippen molar-refractivity contribution < 1.29 is 14.7 Å². The third-order valence-corrected chi connectivity index (χ3v) is 6.92. The average molecular weight is 455 g/mol. The predicted octanol–water partition coefficient (Wildman–Crippen LogP) is 5.85. The Morgan fingerprint density at radius 2 is 1.48 bits per heavy atom. The molecular formula is C27H22N2O3S. The molecule has 1 unspecified atom stereocenters. The first-order valence-corrected chi connectivity index (χ1v) is 11.5. The largest absolute Gasteiger partial charge is 0.507 e. The summed E-state index contributed by atoms with van der Waals surface area (Å²) in [4.78, 5) is 32.6. The maximum absolute atomic E-state index is 13.3. The molecule has 1 saturated heterocycles. The van der Waals surface area contributed by atoms with Gasteiger partial charge in [-0.15, -0.1) is 0 Å². The van der Waals surface area contributed by atoms with Crippen LogP contribution in [0.3, 0.4) is 0 Å². The van der Waals surface area contributed by atoms with Gasteiger partial charge in [0.2, 0.25) is 0 Å². The summed E-state index contributed by atoms with van der Waals surface area (Å²) in [5, 5.41) is 11.6. The van der Waals surface area contributed by atoms with Crippen molar-refractivity contribution in [2.75, 3.05) is 4.90 Å². The van der Waals surface area contributed by atoms with Crippen LogP contribution >= 0.6 is 11.3 Å². The summed E-state index contributed by atoms with van der Waals surface area (Å²) in [5.74, 6) is -1.59. The Morgan fingerprint density at radius 1 is 0.879 bits per heavy atom. The van der Waals surface area contributed by atoms with Crippen LogP contribution in [0, 0.1) is 20.8 Å². The van der Waals surface area contributed by atoms with Gasteiger partial charge in [0.25, 0.3) is 5.78 Å². The number of fused-ring (bicyclic) bond motifs is 1. The van der Waals surface area contributed by atoms with Gasteiger partial charge in [-0.2, -0.15) is 0 Å². The first kappa shape index (κ1) is 21.1. The van der Waals surface area contributed by atoms with E-state index in [1.54, 1.807) is 12.1 Å². The molecule has 0 spiro atoms. The number of aliphatic hydroxyl groups excluding tert-OH is 1. The quantitative estimate of drug-likeness (QED) is 0.240. The molecule has 164 valence electrons. The fourth-order valence-corrected chi connectivity index (χ4v) is 5.17. The molecule has 4 aromatic rings. The summed E-state index contributed by atoms with van der Waals surface area (Å²) >= 11 is 1.37. The van der Waals surface area contributed by atoms with E-state index in [2.05, 4.69) is 4.98 Å². The second-order valence-corrected chi connectivity index (χ2v) is 9.42. The number of hydrogen-bond acceptors (Lipinski definition) is 5. The predicted molar refractivity (Wildman–Crippen MR) is 131 cm³/mol. The van der Waals surface area contributed by atoms with E-state index in [1.165, 1.54) is 16.2 Å². The van der Waals surface area contributed by atoms with Crippen molar-refractivity contribution in [2.45, 2.75) is 26.8 Å². The number of amides is 1. The summed E-state index contributed by atoms with van der Waals surface area (Å²) in [7, 11) is 0. The SMILES string of the molecule is Cc1ccc(C(O)=C2C(=O)C(=O)N(c3nc4ccc(C)cc4s3)C2c2ccc(C)cc2)cc1. The smallest absolute Gasteiger partial charge is 0.301 e. The lowest BCUT2D eigenvalue weighted by molar-refractivity contribution is -0.132. The molecule has 3 aromatic carbocycles. The van der Waals surface area contributed by atoms with E-state index in [0.29, 0.717) is 10.7 Å². The highest BCUT2D eigenvalue weighted by atomic mass is 32.1. The molecule has 1 atom stereocenters. The van der Waals surface area contributed by atoms with Crippen molar-refractivity contribution in [3.63, 3.8) is 0 Å². The second-order valence-electron chi connectivity index (χ2n) is 8.41. The van der Waals surface area contributed by atoms with Gasteiger partial charge in [0, 0.05) is 5.56 Å². The highest BCUT2D eigenvalue weighted by Gasteiger charge is 2.48. The highest BCUT2D eigenvalue weighted by molar-refractivity contribution is 7.22. The number of Topliss-reactive ketones (excluding diaryl/α,β-unsaturated/α-hetero) is 1. The van der Waals surface area contributed by atoms with E-state index in [0.717, 1.165) is 32.5 Å². The van der Waals surface area contributed by atoms with Gasteiger partial charge in [-0.05, 0) is 44.0 Å². The van der Waals surface area contributed by atoms with Gasteiger partial charge >= 0.3 is 5.91 Å². The number of aliphatic hydroxyl groups is 1. The number of hydrogen-bond donors (Lipinski definition) is 1. The number of benzene rings is 3. The zero-order chi connectivity index (χ0) is 23.3. The minimum Gasteiger partial charge on any atom is -0.507 e. The number of anilines is 1. The lowest BCUT2D eigenvalue weighted by Gasteiger charge is -2.23. The van der Waals surface area contributed by atoms with Crippen LogP contribution in [0.15, 0.2) is 72.3 Å². The number of aromatic nitrogens is 1. The Kier molecular flexibility index (Phi) is 5.10. The van der Waals surface area contributed by atoms with E-state index >= 15 is 0 Å². The van der Waals surface area contributed by atoms with E-state index in [4.69, 9.17) is 0 Å². The van der Waals surface area contributed by atoms with Crippen molar-refractivity contribution in [3.8, 4) is 0 Å². The van der Waals surface area contributed by atoms with Crippen molar-refractivity contribution in [2.24, 2.45) is 0 Å². The van der Waals surface area contributed by atoms with E-state index in [9.17, 15) is 14.7 Å². The summed E-state index contributed by atoms with van der Waals surface area (Å²) in [6.07, 6.45) is 0. The number of carbonyl (C=O) groups excluding carboxylic acids is 2. The van der Waals surface area contributed by atoms with Crippen LogP contribution in [0.5, 0.6) is 0 Å². The van der Waals surface area contributed by atoms with E-state index in [1.807, 2.05) is 75.4 Å². The molecule has 1 aliphatic rings. The molecule has 6 heteroatoms. The molecule has 1 N–H and O–H groups in total. The third kappa shape index (κ3) is 3.62. The number of thiazole rings is 1. The first-order valence-electron chi connectivity index (χ1n) is 10.7. The fraction of sp³-hybridized carbons (Fsp3) is 0.148. The van der Waals surface area contributed by atoms with Crippen LogP contribution in [-0.4, -0.2) is 21.8 Å². The van der Waals surface area contributed by atoms with Crippen LogP contribution in [0.4, 0.5) is 5.13 Å². The molecule has 5 nitrogen and oxygen atoms in total. The van der Waals surface area contributed by atoms with Crippen molar-refractivity contribution >= 4 is 44.1 Å². The number of nitrogens with zero attached hydrogens (tertiary/aromatic N) is 2. The molecule has 1 fully saturated rings. The summed E-state index contributed by atoms with van der Waals surface area (Å²) in [5.41, 5.74) is 5.26. The molecule has 33 heavy (non-hydrogen) atoms. The van der Waals surface area contributed by atoms with Crippen LogP contribution in [0.2, 0.25) is 0 Å². The molecule has 0 bridgehead atoms. The summed E-state index contributed by atoms with van der Waals surface area (Å²) in [6.45, 7) is 5.92. The van der Waals surface area contributed by atoms with E-state index in [-0.39, 0.29) is 11.3 Å². The van der Waals surface area contributed by atoms with Gasteiger partial charge in [-0.25, -0.2) is 4.98 Å². The topological polar surface area (TPSA) is 70.5 Å². The van der Waals surface area contributed by atoms with Crippen molar-refractivity contribution in [1.29, 1.82) is 0 Å².